The molecule has 0 unspecified atom stereocenters. The fourth-order valence-electron chi connectivity index (χ4n) is 1.49. The van der Waals surface area contributed by atoms with E-state index in [2.05, 4.69) is 29.2 Å². The number of rotatable bonds is 7. The van der Waals surface area contributed by atoms with E-state index in [9.17, 15) is 0 Å². The molecule has 1 heterocycles. The van der Waals surface area contributed by atoms with Gasteiger partial charge in [-0.25, -0.2) is 9.67 Å². The molecule has 0 aliphatic carbocycles. The van der Waals surface area contributed by atoms with Crippen molar-refractivity contribution in [2.45, 2.75) is 40.8 Å². The van der Waals surface area contributed by atoms with Crippen LogP contribution in [0.5, 0.6) is 0 Å². The van der Waals surface area contributed by atoms with E-state index in [4.69, 9.17) is 5.11 Å². The molecule has 2 N–H and O–H groups in total. The molecule has 17 heavy (non-hydrogen) atoms. The molecular formula is C12H24N4O. The average molecular weight is 240 g/mol. The van der Waals surface area contributed by atoms with Crippen molar-refractivity contribution in [1.82, 2.24) is 20.1 Å². The summed E-state index contributed by atoms with van der Waals surface area (Å²) in [6, 6.07) is 0. The summed E-state index contributed by atoms with van der Waals surface area (Å²) in [7, 11) is 0. The molecule has 0 saturated heterocycles. The second kappa shape index (κ2) is 6.12. The summed E-state index contributed by atoms with van der Waals surface area (Å²) >= 11 is 0. The third-order valence-corrected chi connectivity index (χ3v) is 2.55. The SMILES string of the molecule is CC(C)Cn1ncnc1CNCC(C)(C)CO. The van der Waals surface area contributed by atoms with Crippen molar-refractivity contribution in [3.05, 3.63) is 12.2 Å². The maximum atomic E-state index is 9.15. The van der Waals surface area contributed by atoms with Crippen LogP contribution >= 0.6 is 0 Å². The van der Waals surface area contributed by atoms with Crippen LogP contribution in [0.2, 0.25) is 0 Å². The molecule has 5 heteroatoms. The van der Waals surface area contributed by atoms with Crippen LogP contribution in [0.3, 0.4) is 0 Å². The lowest BCUT2D eigenvalue weighted by Gasteiger charge is -2.21. The smallest absolute Gasteiger partial charge is 0.140 e. The van der Waals surface area contributed by atoms with E-state index in [0.29, 0.717) is 12.5 Å². The standard InChI is InChI=1S/C12H24N4O/c1-10(2)6-16-11(14-9-15-16)5-13-7-12(3,4)8-17/h9-10,13,17H,5-8H2,1-4H3. The normalized spacial score (nSPS) is 12.4. The van der Waals surface area contributed by atoms with E-state index in [-0.39, 0.29) is 12.0 Å². The van der Waals surface area contributed by atoms with E-state index < -0.39 is 0 Å². The summed E-state index contributed by atoms with van der Waals surface area (Å²) in [6.45, 7) is 10.9. The Bertz CT molecular complexity index is 333. The Kier molecular flexibility index (Phi) is 5.08. The number of aliphatic hydroxyl groups is 1. The molecule has 0 saturated carbocycles. The summed E-state index contributed by atoms with van der Waals surface area (Å²) in [5.41, 5.74) is -0.0943. The van der Waals surface area contributed by atoms with Crippen LogP contribution in [0.4, 0.5) is 0 Å². The van der Waals surface area contributed by atoms with Crippen LogP contribution in [-0.4, -0.2) is 33.0 Å². The maximum absolute atomic E-state index is 9.15. The first-order valence-corrected chi connectivity index (χ1v) is 6.13. The Balaban J connectivity index is 2.44. The second-order valence-corrected chi connectivity index (χ2v) is 5.68. The highest BCUT2D eigenvalue weighted by atomic mass is 16.3. The zero-order chi connectivity index (χ0) is 12.9. The van der Waals surface area contributed by atoms with E-state index in [1.807, 2.05) is 18.5 Å². The zero-order valence-corrected chi connectivity index (χ0v) is 11.3. The molecule has 0 aliphatic rings. The lowest BCUT2D eigenvalue weighted by molar-refractivity contribution is 0.156. The molecule has 0 amide bonds. The van der Waals surface area contributed by atoms with E-state index in [1.54, 1.807) is 6.33 Å². The van der Waals surface area contributed by atoms with Crippen molar-refractivity contribution in [3.8, 4) is 0 Å². The van der Waals surface area contributed by atoms with Crippen molar-refractivity contribution in [2.24, 2.45) is 11.3 Å². The van der Waals surface area contributed by atoms with Crippen LogP contribution in [0.15, 0.2) is 6.33 Å². The maximum Gasteiger partial charge on any atom is 0.140 e. The third-order valence-electron chi connectivity index (χ3n) is 2.55. The predicted molar refractivity (Wildman–Crippen MR) is 67.4 cm³/mol. The average Bonchev–Trinajstić information content (AvgIpc) is 2.65. The first kappa shape index (κ1) is 14.1. The Labute approximate surface area is 103 Å². The van der Waals surface area contributed by atoms with Gasteiger partial charge in [0, 0.05) is 25.1 Å². The predicted octanol–water partition coefficient (Wildman–Crippen LogP) is 1.04. The summed E-state index contributed by atoms with van der Waals surface area (Å²) in [4.78, 5) is 4.24. The van der Waals surface area contributed by atoms with Gasteiger partial charge in [-0.2, -0.15) is 5.10 Å². The highest BCUT2D eigenvalue weighted by molar-refractivity contribution is 4.85. The molecule has 5 nitrogen and oxygen atoms in total. The lowest BCUT2D eigenvalue weighted by Crippen LogP contribution is -2.32. The van der Waals surface area contributed by atoms with E-state index in [0.717, 1.165) is 18.9 Å². The molecule has 0 bridgehead atoms. The van der Waals surface area contributed by atoms with Crippen LogP contribution in [0.25, 0.3) is 0 Å². The van der Waals surface area contributed by atoms with Crippen LogP contribution < -0.4 is 5.32 Å². The fourth-order valence-corrected chi connectivity index (χ4v) is 1.49. The van der Waals surface area contributed by atoms with Crippen LogP contribution in [-0.2, 0) is 13.1 Å². The van der Waals surface area contributed by atoms with Gasteiger partial charge in [0.1, 0.15) is 12.2 Å². The first-order chi connectivity index (χ1) is 7.94. The first-order valence-electron chi connectivity index (χ1n) is 6.13. The Morgan fingerprint density at radius 2 is 2.18 bits per heavy atom. The fraction of sp³-hybridized carbons (Fsp3) is 0.833. The van der Waals surface area contributed by atoms with Crippen molar-refractivity contribution >= 4 is 0 Å². The summed E-state index contributed by atoms with van der Waals surface area (Å²) in [5, 5.41) is 16.7. The number of nitrogens with zero attached hydrogens (tertiary/aromatic N) is 3. The van der Waals surface area contributed by atoms with Crippen molar-refractivity contribution in [2.75, 3.05) is 13.2 Å². The van der Waals surface area contributed by atoms with Gasteiger partial charge < -0.3 is 10.4 Å². The van der Waals surface area contributed by atoms with Crippen molar-refractivity contribution < 1.29 is 5.11 Å². The molecule has 0 aliphatic heterocycles. The quantitative estimate of drug-likeness (QED) is 0.747. The third kappa shape index (κ3) is 4.83. The molecule has 0 radical (unpaired) electrons. The van der Waals surface area contributed by atoms with Gasteiger partial charge in [-0.3, -0.25) is 0 Å². The van der Waals surface area contributed by atoms with Gasteiger partial charge in [0.2, 0.25) is 0 Å². The molecule has 0 spiro atoms. The minimum Gasteiger partial charge on any atom is -0.396 e. The number of aromatic nitrogens is 3. The number of hydrogen-bond donors (Lipinski definition) is 2. The topological polar surface area (TPSA) is 63.0 Å². The minimum absolute atomic E-state index is 0.0943. The van der Waals surface area contributed by atoms with Gasteiger partial charge in [0.05, 0.1) is 6.54 Å². The number of hydrogen-bond acceptors (Lipinski definition) is 4. The number of aliphatic hydroxyl groups excluding tert-OH is 1. The molecular weight excluding hydrogens is 216 g/mol. The summed E-state index contributed by atoms with van der Waals surface area (Å²) in [6.07, 6.45) is 1.59. The van der Waals surface area contributed by atoms with Crippen molar-refractivity contribution in [3.63, 3.8) is 0 Å². The lowest BCUT2D eigenvalue weighted by atomic mass is 9.95. The van der Waals surface area contributed by atoms with Gasteiger partial charge in [0.15, 0.2) is 0 Å². The molecule has 1 aromatic rings. The van der Waals surface area contributed by atoms with Gasteiger partial charge in [-0.05, 0) is 5.92 Å². The monoisotopic (exact) mass is 240 g/mol. The minimum atomic E-state index is -0.0943. The van der Waals surface area contributed by atoms with Gasteiger partial charge >= 0.3 is 0 Å². The van der Waals surface area contributed by atoms with E-state index in [1.165, 1.54) is 0 Å². The largest absolute Gasteiger partial charge is 0.396 e. The van der Waals surface area contributed by atoms with Crippen molar-refractivity contribution in [1.29, 1.82) is 0 Å². The van der Waals surface area contributed by atoms with E-state index >= 15 is 0 Å². The molecule has 0 fully saturated rings. The molecule has 0 atom stereocenters. The second-order valence-electron chi connectivity index (χ2n) is 5.68. The highest BCUT2D eigenvalue weighted by Crippen LogP contribution is 2.11. The summed E-state index contributed by atoms with van der Waals surface area (Å²) in [5.74, 6) is 1.51. The highest BCUT2D eigenvalue weighted by Gasteiger charge is 2.16. The zero-order valence-electron chi connectivity index (χ0n) is 11.3. The Morgan fingerprint density at radius 3 is 2.76 bits per heavy atom. The van der Waals surface area contributed by atoms with Gasteiger partial charge in [0.25, 0.3) is 0 Å². The molecule has 0 aromatic carbocycles. The van der Waals surface area contributed by atoms with Crippen LogP contribution in [0.1, 0.15) is 33.5 Å². The molecule has 1 rings (SSSR count). The van der Waals surface area contributed by atoms with Gasteiger partial charge in [-0.1, -0.05) is 27.7 Å². The Hall–Kier alpha value is -0.940. The number of nitrogens with one attached hydrogen (secondary N) is 1. The molecule has 1 aromatic heterocycles. The summed E-state index contributed by atoms with van der Waals surface area (Å²) < 4.78 is 1.93. The molecule has 98 valence electrons. The van der Waals surface area contributed by atoms with Crippen LogP contribution in [0, 0.1) is 11.3 Å². The van der Waals surface area contributed by atoms with Gasteiger partial charge in [-0.15, -0.1) is 0 Å². The Morgan fingerprint density at radius 1 is 1.47 bits per heavy atom.